The fourth-order valence-electron chi connectivity index (χ4n) is 3.38. The van der Waals surface area contributed by atoms with Crippen molar-refractivity contribution in [1.82, 2.24) is 20.0 Å². The third-order valence-electron chi connectivity index (χ3n) is 5.23. The molecule has 0 unspecified atom stereocenters. The van der Waals surface area contributed by atoms with Crippen LogP contribution in [0.4, 0.5) is 16.0 Å². The van der Waals surface area contributed by atoms with E-state index in [-0.39, 0.29) is 36.2 Å². The monoisotopic (exact) mass is 450 g/mol. The molecule has 1 amide bonds. The number of nitrogens with one attached hydrogen (secondary N) is 2. The summed E-state index contributed by atoms with van der Waals surface area (Å²) in [5, 5.41) is 10.2. The van der Waals surface area contributed by atoms with Crippen LogP contribution in [0.5, 0.6) is 0 Å². The molecule has 0 bridgehead atoms. The van der Waals surface area contributed by atoms with Gasteiger partial charge in [-0.05, 0) is 48.7 Å². The first-order valence-corrected chi connectivity index (χ1v) is 10.4. The van der Waals surface area contributed by atoms with Crippen LogP contribution in [0.1, 0.15) is 16.8 Å². The van der Waals surface area contributed by atoms with Crippen molar-refractivity contribution in [3.63, 3.8) is 0 Å². The van der Waals surface area contributed by atoms with Crippen LogP contribution in [-0.2, 0) is 24.3 Å². The zero-order valence-corrected chi connectivity index (χ0v) is 18.0. The zero-order chi connectivity index (χ0) is 23.4. The number of fused-ring (bicyclic) bond motifs is 1. The predicted octanol–water partition coefficient (Wildman–Crippen LogP) is 2.39. The Hall–Kier alpha value is -4.21. The highest BCUT2D eigenvalue weighted by Gasteiger charge is 2.12. The summed E-state index contributed by atoms with van der Waals surface area (Å²) in [6.07, 6.45) is 2.13. The van der Waals surface area contributed by atoms with Gasteiger partial charge in [-0.3, -0.25) is 14.2 Å². The Kier molecular flexibility index (Phi) is 6.34. The number of carbonyl (C=O) groups excluding carboxylic acids is 1. The Morgan fingerprint density at radius 3 is 2.73 bits per heavy atom. The van der Waals surface area contributed by atoms with Crippen molar-refractivity contribution >= 4 is 28.5 Å². The van der Waals surface area contributed by atoms with Crippen LogP contribution in [-0.4, -0.2) is 27.2 Å². The molecule has 0 aliphatic heterocycles. The van der Waals surface area contributed by atoms with E-state index < -0.39 is 0 Å². The van der Waals surface area contributed by atoms with E-state index in [0.717, 1.165) is 11.1 Å². The third-order valence-corrected chi connectivity index (χ3v) is 5.23. The first-order chi connectivity index (χ1) is 15.9. The molecule has 0 aliphatic carbocycles. The van der Waals surface area contributed by atoms with Gasteiger partial charge in [0.2, 0.25) is 5.91 Å². The van der Waals surface area contributed by atoms with Crippen molar-refractivity contribution in [3.8, 4) is 0 Å². The summed E-state index contributed by atoms with van der Waals surface area (Å²) in [6, 6.07) is 11.5. The lowest BCUT2D eigenvalue weighted by atomic mass is 10.1. The maximum absolute atomic E-state index is 13.0. The molecule has 10 heteroatoms. The number of nitrogen functional groups attached to an aromatic ring is 1. The van der Waals surface area contributed by atoms with Crippen molar-refractivity contribution in [2.24, 2.45) is 0 Å². The molecule has 4 N–H and O–H groups in total. The van der Waals surface area contributed by atoms with E-state index in [1.165, 1.54) is 22.9 Å². The first-order valence-electron chi connectivity index (χ1n) is 10.4. The molecule has 0 atom stereocenters. The van der Waals surface area contributed by atoms with Crippen molar-refractivity contribution in [1.29, 1.82) is 0 Å². The molecule has 33 heavy (non-hydrogen) atoms. The fraction of sp³-hybridized carbons (Fsp3) is 0.217. The minimum absolute atomic E-state index is 0.142. The smallest absolute Gasteiger partial charge is 0.293 e. The molecule has 2 aromatic heterocycles. The van der Waals surface area contributed by atoms with E-state index in [4.69, 9.17) is 10.3 Å². The molecule has 170 valence electrons. The van der Waals surface area contributed by atoms with Gasteiger partial charge in [0.25, 0.3) is 5.56 Å². The topological polar surface area (TPSA) is 128 Å². The van der Waals surface area contributed by atoms with Gasteiger partial charge in [-0.15, -0.1) is 0 Å². The number of nitrogens with two attached hydrogens (primary N) is 1. The van der Waals surface area contributed by atoms with E-state index >= 15 is 0 Å². The van der Waals surface area contributed by atoms with Gasteiger partial charge in [0.05, 0.1) is 5.39 Å². The maximum atomic E-state index is 13.0. The highest BCUT2D eigenvalue weighted by molar-refractivity contribution is 5.87. The van der Waals surface area contributed by atoms with Gasteiger partial charge in [0.1, 0.15) is 12.4 Å². The van der Waals surface area contributed by atoms with Crippen LogP contribution < -0.4 is 21.9 Å². The summed E-state index contributed by atoms with van der Waals surface area (Å²) in [6.45, 7) is 2.28. The SMILES string of the molecule is Cc1cnc(NCCc2ccc(F)cc2)c(=O)n1CC(=O)NCc1ccc2c(N)noc2c1. The summed E-state index contributed by atoms with van der Waals surface area (Å²) in [7, 11) is 0. The lowest BCUT2D eigenvalue weighted by Gasteiger charge is -2.12. The zero-order valence-electron chi connectivity index (χ0n) is 18.0. The summed E-state index contributed by atoms with van der Waals surface area (Å²) in [4.78, 5) is 29.5. The molecular formula is C23H23FN6O3. The van der Waals surface area contributed by atoms with Crippen LogP contribution in [0.2, 0.25) is 0 Å². The molecule has 0 radical (unpaired) electrons. The standard InChI is InChI=1S/C23H23FN6O3/c1-14-11-28-22(26-9-8-15-2-5-17(24)6-3-15)23(32)30(14)13-20(31)27-12-16-4-7-18-19(10-16)33-29-21(18)25/h2-7,10-11H,8-9,12-13H2,1H3,(H2,25,29)(H,26,28)(H,27,31). The summed E-state index contributed by atoms with van der Waals surface area (Å²) >= 11 is 0. The first kappa shape index (κ1) is 22.0. The lowest BCUT2D eigenvalue weighted by Crippen LogP contribution is -2.34. The molecule has 0 spiro atoms. The van der Waals surface area contributed by atoms with Crippen LogP contribution in [0.25, 0.3) is 11.0 Å². The number of rotatable bonds is 8. The number of halogens is 1. The van der Waals surface area contributed by atoms with Crippen LogP contribution in [0, 0.1) is 12.7 Å². The van der Waals surface area contributed by atoms with Crippen LogP contribution in [0.3, 0.4) is 0 Å². The number of benzene rings is 2. The fourth-order valence-corrected chi connectivity index (χ4v) is 3.38. The van der Waals surface area contributed by atoms with Gasteiger partial charge >= 0.3 is 0 Å². The normalized spacial score (nSPS) is 11.0. The predicted molar refractivity (Wildman–Crippen MR) is 122 cm³/mol. The van der Waals surface area contributed by atoms with Crippen LogP contribution in [0.15, 0.2) is 58.0 Å². The molecule has 0 aliphatic rings. The number of amides is 1. The Morgan fingerprint density at radius 2 is 1.94 bits per heavy atom. The van der Waals surface area contributed by atoms with Gasteiger partial charge in [0.15, 0.2) is 17.2 Å². The number of aromatic nitrogens is 3. The van der Waals surface area contributed by atoms with Crippen molar-refractivity contribution < 1.29 is 13.7 Å². The largest absolute Gasteiger partial charge is 0.380 e. The molecule has 2 heterocycles. The van der Waals surface area contributed by atoms with E-state index in [0.29, 0.717) is 35.4 Å². The molecule has 0 fully saturated rings. The quantitative estimate of drug-likeness (QED) is 0.376. The van der Waals surface area contributed by atoms with E-state index in [1.807, 2.05) is 6.07 Å². The molecule has 2 aromatic carbocycles. The number of aryl methyl sites for hydroxylation is 1. The number of hydrogen-bond acceptors (Lipinski definition) is 7. The Bertz CT molecular complexity index is 1350. The van der Waals surface area contributed by atoms with E-state index in [1.54, 1.807) is 31.2 Å². The second-order valence-electron chi connectivity index (χ2n) is 7.62. The van der Waals surface area contributed by atoms with E-state index in [9.17, 15) is 14.0 Å². The minimum atomic E-state index is -0.386. The highest BCUT2D eigenvalue weighted by Crippen LogP contribution is 2.21. The third kappa shape index (κ3) is 5.17. The average Bonchev–Trinajstić information content (AvgIpc) is 3.18. The molecular weight excluding hydrogens is 427 g/mol. The van der Waals surface area contributed by atoms with Crippen molar-refractivity contribution in [2.45, 2.75) is 26.4 Å². The molecule has 0 saturated carbocycles. The van der Waals surface area contributed by atoms with E-state index in [2.05, 4.69) is 20.8 Å². The van der Waals surface area contributed by atoms with Crippen molar-refractivity contribution in [2.75, 3.05) is 17.6 Å². The average molecular weight is 450 g/mol. The van der Waals surface area contributed by atoms with Gasteiger partial charge in [0, 0.05) is 25.0 Å². The number of hydrogen-bond donors (Lipinski definition) is 3. The number of nitrogens with zero attached hydrogens (tertiary/aromatic N) is 3. The summed E-state index contributed by atoms with van der Waals surface area (Å²) < 4.78 is 19.5. The number of anilines is 2. The lowest BCUT2D eigenvalue weighted by molar-refractivity contribution is -0.121. The van der Waals surface area contributed by atoms with Gasteiger partial charge in [-0.2, -0.15) is 0 Å². The molecule has 4 rings (SSSR count). The van der Waals surface area contributed by atoms with Gasteiger partial charge < -0.3 is 20.9 Å². The van der Waals surface area contributed by atoms with Gasteiger partial charge in [-0.25, -0.2) is 9.37 Å². The Labute approximate surface area is 188 Å². The second-order valence-corrected chi connectivity index (χ2v) is 7.62. The second kappa shape index (κ2) is 9.51. The molecule has 0 saturated heterocycles. The summed E-state index contributed by atoms with van der Waals surface area (Å²) in [5.41, 5.74) is 8.18. The number of carbonyl (C=O) groups is 1. The van der Waals surface area contributed by atoms with Gasteiger partial charge in [-0.1, -0.05) is 23.4 Å². The van der Waals surface area contributed by atoms with Crippen LogP contribution >= 0.6 is 0 Å². The Balaban J connectivity index is 1.36. The molecule has 4 aromatic rings. The highest BCUT2D eigenvalue weighted by atomic mass is 19.1. The minimum Gasteiger partial charge on any atom is -0.380 e. The summed E-state index contributed by atoms with van der Waals surface area (Å²) in [5.74, 6) is -0.142. The molecule has 9 nitrogen and oxygen atoms in total. The Morgan fingerprint density at radius 1 is 1.18 bits per heavy atom. The van der Waals surface area contributed by atoms with Crippen molar-refractivity contribution in [3.05, 3.63) is 81.7 Å². The maximum Gasteiger partial charge on any atom is 0.293 e.